The maximum absolute atomic E-state index is 14.1. The van der Waals surface area contributed by atoms with E-state index in [4.69, 9.17) is 5.73 Å². The molecule has 1 unspecified atom stereocenters. The van der Waals surface area contributed by atoms with Crippen LogP contribution in [-0.2, 0) is 6.42 Å². The van der Waals surface area contributed by atoms with Crippen molar-refractivity contribution in [2.45, 2.75) is 44.6 Å². The Morgan fingerprint density at radius 2 is 2.20 bits per heavy atom. The van der Waals surface area contributed by atoms with Crippen molar-refractivity contribution in [1.82, 2.24) is 9.78 Å². The van der Waals surface area contributed by atoms with Gasteiger partial charge in [-0.15, -0.1) is 0 Å². The molecule has 1 aliphatic rings. The molecule has 3 nitrogen and oxygen atoms in total. The van der Waals surface area contributed by atoms with E-state index in [0.29, 0.717) is 17.9 Å². The van der Waals surface area contributed by atoms with Crippen molar-refractivity contribution in [3.8, 4) is 5.69 Å². The molecule has 0 bridgehead atoms. The van der Waals surface area contributed by atoms with Crippen LogP contribution in [0.3, 0.4) is 0 Å². The third-order valence-electron chi connectivity index (χ3n) is 3.94. The summed E-state index contributed by atoms with van der Waals surface area (Å²) in [6.45, 7) is 2.02. The first-order valence-corrected chi connectivity index (χ1v) is 7.28. The maximum Gasteiger partial charge on any atom is 0.128 e. The van der Waals surface area contributed by atoms with Crippen molar-refractivity contribution < 1.29 is 4.39 Å². The van der Waals surface area contributed by atoms with Crippen LogP contribution in [-0.4, -0.2) is 15.8 Å². The van der Waals surface area contributed by atoms with E-state index >= 15 is 0 Å². The van der Waals surface area contributed by atoms with Gasteiger partial charge in [0.2, 0.25) is 0 Å². The van der Waals surface area contributed by atoms with Crippen LogP contribution in [0.4, 0.5) is 4.39 Å². The second-order valence-corrected chi connectivity index (χ2v) is 5.57. The zero-order valence-electron chi connectivity index (χ0n) is 11.7. The third-order valence-corrected chi connectivity index (χ3v) is 3.94. The van der Waals surface area contributed by atoms with E-state index in [1.807, 2.05) is 25.3 Å². The third kappa shape index (κ3) is 2.61. The van der Waals surface area contributed by atoms with E-state index < -0.39 is 0 Å². The SMILES string of the molecule is CCC(N)Cc1c(F)cccc1-n1ccc(C2CC2)n1. The van der Waals surface area contributed by atoms with Gasteiger partial charge in [-0.2, -0.15) is 5.10 Å². The standard InChI is InChI=1S/C16H20FN3/c1-2-12(18)10-13-14(17)4-3-5-16(13)20-9-8-15(19-20)11-6-7-11/h3-5,8-9,11-12H,2,6-7,10,18H2,1H3. The summed E-state index contributed by atoms with van der Waals surface area (Å²) >= 11 is 0. The molecule has 2 N–H and O–H groups in total. The number of nitrogens with zero attached hydrogens (tertiary/aromatic N) is 2. The largest absolute Gasteiger partial charge is 0.327 e. The van der Waals surface area contributed by atoms with Gasteiger partial charge < -0.3 is 5.73 Å². The molecule has 106 valence electrons. The summed E-state index contributed by atoms with van der Waals surface area (Å²) in [5.74, 6) is 0.404. The minimum atomic E-state index is -0.199. The first kappa shape index (κ1) is 13.3. The summed E-state index contributed by atoms with van der Waals surface area (Å²) in [6, 6.07) is 7.14. The van der Waals surface area contributed by atoms with Crippen LogP contribution >= 0.6 is 0 Å². The number of rotatable bonds is 5. The normalized spacial score (nSPS) is 16.4. The summed E-state index contributed by atoms with van der Waals surface area (Å²) in [4.78, 5) is 0. The lowest BCUT2D eigenvalue weighted by Gasteiger charge is -2.14. The lowest BCUT2D eigenvalue weighted by Crippen LogP contribution is -2.23. The van der Waals surface area contributed by atoms with Gasteiger partial charge in [0.25, 0.3) is 0 Å². The number of hydrogen-bond acceptors (Lipinski definition) is 2. The van der Waals surface area contributed by atoms with E-state index in [1.54, 1.807) is 10.7 Å². The monoisotopic (exact) mass is 273 g/mol. The summed E-state index contributed by atoms with van der Waals surface area (Å²) in [6.07, 6.45) is 5.72. The van der Waals surface area contributed by atoms with Gasteiger partial charge in [0, 0.05) is 23.7 Å². The second-order valence-electron chi connectivity index (χ2n) is 5.57. The van der Waals surface area contributed by atoms with Crippen molar-refractivity contribution in [2.75, 3.05) is 0 Å². The predicted molar refractivity (Wildman–Crippen MR) is 77.5 cm³/mol. The van der Waals surface area contributed by atoms with Crippen LogP contribution < -0.4 is 5.73 Å². The highest BCUT2D eigenvalue weighted by atomic mass is 19.1. The Hall–Kier alpha value is -1.68. The number of benzene rings is 1. The highest BCUT2D eigenvalue weighted by molar-refractivity contribution is 5.42. The Morgan fingerprint density at radius 3 is 2.90 bits per heavy atom. The van der Waals surface area contributed by atoms with Crippen molar-refractivity contribution in [2.24, 2.45) is 5.73 Å². The van der Waals surface area contributed by atoms with Crippen molar-refractivity contribution >= 4 is 0 Å². The lowest BCUT2D eigenvalue weighted by molar-refractivity contribution is 0.574. The number of hydrogen-bond donors (Lipinski definition) is 1. The van der Waals surface area contributed by atoms with Crippen LogP contribution in [0.5, 0.6) is 0 Å². The number of aromatic nitrogens is 2. The predicted octanol–water partition coefficient (Wildman–Crippen LogP) is 3.17. The van der Waals surface area contributed by atoms with Crippen molar-refractivity contribution in [1.29, 1.82) is 0 Å². The van der Waals surface area contributed by atoms with Gasteiger partial charge in [0.15, 0.2) is 0 Å². The van der Waals surface area contributed by atoms with E-state index in [2.05, 4.69) is 5.10 Å². The number of halogens is 1. The lowest BCUT2D eigenvalue weighted by atomic mass is 10.0. The van der Waals surface area contributed by atoms with Gasteiger partial charge in [-0.1, -0.05) is 13.0 Å². The minimum Gasteiger partial charge on any atom is -0.327 e. The van der Waals surface area contributed by atoms with Crippen LogP contribution in [0.25, 0.3) is 5.69 Å². The molecule has 1 saturated carbocycles. The topological polar surface area (TPSA) is 43.8 Å². The fourth-order valence-corrected chi connectivity index (χ4v) is 2.44. The molecule has 4 heteroatoms. The van der Waals surface area contributed by atoms with Gasteiger partial charge in [-0.25, -0.2) is 9.07 Å². The molecule has 1 aromatic heterocycles. The van der Waals surface area contributed by atoms with Crippen LogP contribution in [0.2, 0.25) is 0 Å². The molecule has 3 rings (SSSR count). The Balaban J connectivity index is 1.96. The average Bonchev–Trinajstić information content (AvgIpc) is 3.19. The first-order chi connectivity index (χ1) is 9.69. The Labute approximate surface area is 118 Å². The van der Waals surface area contributed by atoms with Gasteiger partial charge >= 0.3 is 0 Å². The fraction of sp³-hybridized carbons (Fsp3) is 0.438. The van der Waals surface area contributed by atoms with Crippen molar-refractivity contribution in [3.05, 3.63) is 47.5 Å². The first-order valence-electron chi connectivity index (χ1n) is 7.28. The molecule has 1 heterocycles. The summed E-state index contributed by atoms with van der Waals surface area (Å²) in [7, 11) is 0. The van der Waals surface area contributed by atoms with Crippen molar-refractivity contribution in [3.63, 3.8) is 0 Å². The molecular formula is C16H20FN3. The van der Waals surface area contributed by atoms with E-state index in [-0.39, 0.29) is 11.9 Å². The van der Waals surface area contributed by atoms with Gasteiger partial charge in [-0.05, 0) is 43.9 Å². The summed E-state index contributed by atoms with van der Waals surface area (Å²) in [5.41, 5.74) is 8.56. The van der Waals surface area contributed by atoms with Crippen LogP contribution in [0.15, 0.2) is 30.5 Å². The molecule has 0 aliphatic heterocycles. The molecule has 1 atom stereocenters. The van der Waals surface area contributed by atoms with Crippen LogP contribution in [0.1, 0.15) is 43.4 Å². The molecule has 20 heavy (non-hydrogen) atoms. The summed E-state index contributed by atoms with van der Waals surface area (Å²) < 4.78 is 15.9. The van der Waals surface area contributed by atoms with Gasteiger partial charge in [0.05, 0.1) is 11.4 Å². The molecule has 0 saturated heterocycles. The average molecular weight is 273 g/mol. The minimum absolute atomic E-state index is 0.0240. The highest BCUT2D eigenvalue weighted by Crippen LogP contribution is 2.39. The van der Waals surface area contributed by atoms with E-state index in [1.165, 1.54) is 18.9 Å². The van der Waals surface area contributed by atoms with Crippen LogP contribution in [0, 0.1) is 5.82 Å². The molecule has 0 spiro atoms. The smallest absolute Gasteiger partial charge is 0.128 e. The molecule has 1 aliphatic carbocycles. The van der Waals surface area contributed by atoms with E-state index in [9.17, 15) is 4.39 Å². The summed E-state index contributed by atoms with van der Waals surface area (Å²) in [5, 5.41) is 4.59. The van der Waals surface area contributed by atoms with Gasteiger partial charge in [0.1, 0.15) is 5.82 Å². The Morgan fingerprint density at radius 1 is 1.40 bits per heavy atom. The zero-order chi connectivity index (χ0) is 14.1. The Bertz CT molecular complexity index is 602. The highest BCUT2D eigenvalue weighted by Gasteiger charge is 2.26. The Kier molecular flexibility index (Phi) is 3.57. The molecule has 0 amide bonds. The van der Waals surface area contributed by atoms with Gasteiger partial charge in [-0.3, -0.25) is 0 Å². The molecular weight excluding hydrogens is 253 g/mol. The maximum atomic E-state index is 14.1. The van der Waals surface area contributed by atoms with E-state index in [0.717, 1.165) is 17.8 Å². The quantitative estimate of drug-likeness (QED) is 0.909. The second kappa shape index (κ2) is 5.37. The number of nitrogens with two attached hydrogens (primary N) is 1. The molecule has 0 radical (unpaired) electrons. The zero-order valence-corrected chi connectivity index (χ0v) is 11.7. The fourth-order valence-electron chi connectivity index (χ4n) is 2.44. The molecule has 2 aromatic rings. The molecule has 1 aromatic carbocycles. The molecule has 1 fully saturated rings.